The van der Waals surface area contributed by atoms with E-state index in [1.807, 2.05) is 6.92 Å². The van der Waals surface area contributed by atoms with Gasteiger partial charge in [-0.2, -0.15) is 5.26 Å². The van der Waals surface area contributed by atoms with Crippen molar-refractivity contribution in [2.24, 2.45) is 0 Å². The molecule has 0 fully saturated rings. The van der Waals surface area contributed by atoms with Gasteiger partial charge in [0.05, 0.1) is 23.1 Å². The van der Waals surface area contributed by atoms with E-state index >= 15 is 0 Å². The molecule has 0 spiro atoms. The minimum absolute atomic E-state index is 0.118. The smallest absolute Gasteiger partial charge is 0.184 e. The topological polar surface area (TPSA) is 70.8 Å². The van der Waals surface area contributed by atoms with Crippen LogP contribution in [0.5, 0.6) is 0 Å². The maximum Gasteiger partial charge on any atom is 0.184 e. The van der Waals surface area contributed by atoms with Gasteiger partial charge in [-0.25, -0.2) is 13.4 Å². The van der Waals surface area contributed by atoms with E-state index in [2.05, 4.69) is 11.1 Å². The number of sulfone groups is 1. The number of nitriles is 1. The summed E-state index contributed by atoms with van der Waals surface area (Å²) in [5.41, 5.74) is 1.76. The summed E-state index contributed by atoms with van der Waals surface area (Å²) in [6, 6.07) is 8.84. The van der Waals surface area contributed by atoms with Crippen LogP contribution in [-0.2, 0) is 22.0 Å². The number of aryl methyl sites for hydroxylation is 2. The molecule has 0 aliphatic heterocycles. The van der Waals surface area contributed by atoms with Gasteiger partial charge in [0, 0.05) is 4.88 Å². The van der Waals surface area contributed by atoms with E-state index in [1.54, 1.807) is 31.2 Å². The Labute approximate surface area is 122 Å². The first-order valence-corrected chi connectivity index (χ1v) is 8.51. The summed E-state index contributed by atoms with van der Waals surface area (Å²) >= 11 is 1.30. The molecule has 1 aromatic carbocycles. The molecule has 0 aliphatic rings. The first-order valence-electron chi connectivity index (χ1n) is 6.04. The van der Waals surface area contributed by atoms with E-state index in [9.17, 15) is 8.42 Å². The van der Waals surface area contributed by atoms with Crippen LogP contribution in [0.4, 0.5) is 0 Å². The molecule has 6 heteroatoms. The van der Waals surface area contributed by atoms with E-state index in [0.717, 1.165) is 16.1 Å². The van der Waals surface area contributed by atoms with Gasteiger partial charge in [-0.15, -0.1) is 11.3 Å². The molecule has 1 aromatic heterocycles. The third-order valence-corrected chi connectivity index (χ3v) is 5.85. The highest BCUT2D eigenvalue weighted by molar-refractivity contribution is 7.90. The average Bonchev–Trinajstić information content (AvgIpc) is 2.70. The Morgan fingerprint density at radius 2 is 1.90 bits per heavy atom. The van der Waals surface area contributed by atoms with Gasteiger partial charge in [0.25, 0.3) is 0 Å². The van der Waals surface area contributed by atoms with Crippen LogP contribution < -0.4 is 0 Å². The SMILES string of the molecule is Cc1ccc(S(=O)(=O)Cc2nc(C)c(CC#N)s2)cc1. The molecule has 0 atom stereocenters. The molecular weight excluding hydrogens is 292 g/mol. The first-order chi connectivity index (χ1) is 9.42. The van der Waals surface area contributed by atoms with Crippen molar-refractivity contribution < 1.29 is 8.42 Å². The molecule has 2 aromatic rings. The third-order valence-electron chi connectivity index (χ3n) is 2.87. The van der Waals surface area contributed by atoms with Gasteiger partial charge in [-0.05, 0) is 26.0 Å². The van der Waals surface area contributed by atoms with Crippen LogP contribution in [0.25, 0.3) is 0 Å². The number of nitrogens with zero attached hydrogens (tertiary/aromatic N) is 2. The molecule has 0 aliphatic carbocycles. The molecule has 104 valence electrons. The second-order valence-electron chi connectivity index (χ2n) is 4.52. The maximum atomic E-state index is 12.3. The first kappa shape index (κ1) is 14.7. The molecule has 0 unspecified atom stereocenters. The highest BCUT2D eigenvalue weighted by atomic mass is 32.2. The number of hydrogen-bond donors (Lipinski definition) is 0. The zero-order chi connectivity index (χ0) is 14.8. The molecule has 20 heavy (non-hydrogen) atoms. The van der Waals surface area contributed by atoms with Crippen LogP contribution in [0.1, 0.15) is 21.1 Å². The maximum absolute atomic E-state index is 12.3. The van der Waals surface area contributed by atoms with E-state index in [1.165, 1.54) is 11.3 Å². The predicted octanol–water partition coefficient (Wildman–Crippen LogP) is 2.80. The van der Waals surface area contributed by atoms with Crippen LogP contribution in [0, 0.1) is 25.2 Å². The Bertz CT molecular complexity index is 753. The van der Waals surface area contributed by atoms with E-state index in [0.29, 0.717) is 9.90 Å². The Morgan fingerprint density at radius 3 is 2.50 bits per heavy atom. The van der Waals surface area contributed by atoms with Crippen LogP contribution in [0.3, 0.4) is 0 Å². The zero-order valence-electron chi connectivity index (χ0n) is 11.3. The quantitative estimate of drug-likeness (QED) is 0.871. The van der Waals surface area contributed by atoms with Gasteiger partial charge >= 0.3 is 0 Å². The number of aromatic nitrogens is 1. The van der Waals surface area contributed by atoms with Gasteiger partial charge in [0.1, 0.15) is 10.8 Å². The van der Waals surface area contributed by atoms with Crippen LogP contribution in [-0.4, -0.2) is 13.4 Å². The van der Waals surface area contributed by atoms with Crippen molar-refractivity contribution in [1.82, 2.24) is 4.98 Å². The van der Waals surface area contributed by atoms with Crippen molar-refractivity contribution >= 4 is 21.2 Å². The molecule has 0 N–H and O–H groups in total. The number of rotatable bonds is 4. The monoisotopic (exact) mass is 306 g/mol. The van der Waals surface area contributed by atoms with Crippen LogP contribution in [0.15, 0.2) is 29.2 Å². The molecule has 2 rings (SSSR count). The van der Waals surface area contributed by atoms with Crippen molar-refractivity contribution in [1.29, 1.82) is 5.26 Å². The molecule has 4 nitrogen and oxygen atoms in total. The van der Waals surface area contributed by atoms with Crippen molar-refractivity contribution in [3.05, 3.63) is 45.4 Å². The van der Waals surface area contributed by atoms with Crippen molar-refractivity contribution in [2.45, 2.75) is 30.9 Å². The Kier molecular flexibility index (Phi) is 4.21. The fourth-order valence-electron chi connectivity index (χ4n) is 1.78. The summed E-state index contributed by atoms with van der Waals surface area (Å²) in [7, 11) is -3.38. The summed E-state index contributed by atoms with van der Waals surface area (Å²) in [6.07, 6.45) is 0.272. The standard InChI is InChI=1S/C14H14N2O2S2/c1-10-3-5-12(6-4-10)20(17,18)9-14-16-11(2)13(19-14)7-8-15/h3-6H,7,9H2,1-2H3. The van der Waals surface area contributed by atoms with Crippen molar-refractivity contribution in [3.8, 4) is 6.07 Å². The minimum Gasteiger partial charge on any atom is -0.245 e. The Morgan fingerprint density at radius 1 is 1.25 bits per heavy atom. The zero-order valence-corrected chi connectivity index (χ0v) is 12.9. The second kappa shape index (κ2) is 5.73. The molecule has 0 saturated carbocycles. The Balaban J connectivity index is 2.27. The third kappa shape index (κ3) is 3.24. The van der Waals surface area contributed by atoms with Gasteiger partial charge in [-0.1, -0.05) is 17.7 Å². The van der Waals surface area contributed by atoms with E-state index in [-0.39, 0.29) is 12.2 Å². The average molecular weight is 306 g/mol. The van der Waals surface area contributed by atoms with Gasteiger partial charge in [0.2, 0.25) is 0 Å². The number of hydrogen-bond acceptors (Lipinski definition) is 5. The Hall–Kier alpha value is -1.71. The molecule has 0 radical (unpaired) electrons. The van der Waals surface area contributed by atoms with E-state index < -0.39 is 9.84 Å². The van der Waals surface area contributed by atoms with E-state index in [4.69, 9.17) is 5.26 Å². The molecule has 0 amide bonds. The lowest BCUT2D eigenvalue weighted by atomic mass is 10.2. The van der Waals surface area contributed by atoms with Crippen molar-refractivity contribution in [2.75, 3.05) is 0 Å². The molecule has 0 bridgehead atoms. The summed E-state index contributed by atoms with van der Waals surface area (Å²) in [5.74, 6) is -0.118. The number of benzene rings is 1. The normalized spacial score (nSPS) is 11.2. The predicted molar refractivity (Wildman–Crippen MR) is 78.2 cm³/mol. The minimum atomic E-state index is -3.38. The molecular formula is C14H14N2O2S2. The summed E-state index contributed by atoms with van der Waals surface area (Å²) in [4.78, 5) is 5.38. The fraction of sp³-hybridized carbons (Fsp3) is 0.286. The lowest BCUT2D eigenvalue weighted by molar-refractivity contribution is 0.595. The highest BCUT2D eigenvalue weighted by Gasteiger charge is 2.18. The van der Waals surface area contributed by atoms with Gasteiger partial charge in [-0.3, -0.25) is 0 Å². The largest absolute Gasteiger partial charge is 0.245 e. The van der Waals surface area contributed by atoms with Crippen molar-refractivity contribution in [3.63, 3.8) is 0 Å². The highest BCUT2D eigenvalue weighted by Crippen LogP contribution is 2.23. The summed E-state index contributed by atoms with van der Waals surface area (Å²) in [6.45, 7) is 3.71. The second-order valence-corrected chi connectivity index (χ2v) is 7.68. The van der Waals surface area contributed by atoms with Gasteiger partial charge in [0.15, 0.2) is 9.84 Å². The number of thiazole rings is 1. The summed E-state index contributed by atoms with van der Waals surface area (Å²) < 4.78 is 24.6. The van der Waals surface area contributed by atoms with Crippen LogP contribution in [0.2, 0.25) is 0 Å². The molecule has 0 saturated heterocycles. The molecule has 1 heterocycles. The lowest BCUT2D eigenvalue weighted by Crippen LogP contribution is -2.04. The lowest BCUT2D eigenvalue weighted by Gasteiger charge is -2.02. The van der Waals surface area contributed by atoms with Gasteiger partial charge < -0.3 is 0 Å². The summed E-state index contributed by atoms with van der Waals surface area (Å²) in [5, 5.41) is 9.24. The fourth-order valence-corrected chi connectivity index (χ4v) is 4.38. The van der Waals surface area contributed by atoms with Crippen LogP contribution >= 0.6 is 11.3 Å².